The summed E-state index contributed by atoms with van der Waals surface area (Å²) >= 11 is 0. The summed E-state index contributed by atoms with van der Waals surface area (Å²) in [5.41, 5.74) is 4.00. The van der Waals surface area contributed by atoms with Crippen molar-refractivity contribution in [3.63, 3.8) is 0 Å². The van der Waals surface area contributed by atoms with Crippen molar-refractivity contribution in [2.24, 2.45) is 11.3 Å². The number of pyridine rings is 1. The van der Waals surface area contributed by atoms with E-state index >= 15 is 0 Å². The van der Waals surface area contributed by atoms with Crippen LogP contribution in [-0.2, 0) is 9.53 Å². The van der Waals surface area contributed by atoms with Crippen LogP contribution in [0.3, 0.4) is 0 Å². The van der Waals surface area contributed by atoms with Crippen LogP contribution in [0.4, 0.5) is 0 Å². The van der Waals surface area contributed by atoms with Gasteiger partial charge in [-0.05, 0) is 68.1 Å². The fourth-order valence-electron chi connectivity index (χ4n) is 4.56. The van der Waals surface area contributed by atoms with Gasteiger partial charge in [-0.25, -0.2) is 4.98 Å². The third-order valence-corrected chi connectivity index (χ3v) is 5.84. The molecular formula is C22H25NO2. The zero-order valence-corrected chi connectivity index (χ0v) is 14.8. The molecule has 1 fully saturated rings. The van der Waals surface area contributed by atoms with Crippen LogP contribution in [0.1, 0.15) is 51.1 Å². The second-order valence-electron chi connectivity index (χ2n) is 7.61. The third-order valence-electron chi connectivity index (χ3n) is 5.84. The summed E-state index contributed by atoms with van der Waals surface area (Å²) in [6.45, 7) is 2.36. The van der Waals surface area contributed by atoms with Crippen LogP contribution >= 0.6 is 0 Å². The first kappa shape index (κ1) is 16.3. The smallest absolute Gasteiger partial charge is 0.306 e. The van der Waals surface area contributed by atoms with E-state index in [1.807, 2.05) is 13.0 Å². The molecular weight excluding hydrogens is 310 g/mol. The van der Waals surface area contributed by atoms with Gasteiger partial charge in [-0.15, -0.1) is 0 Å². The van der Waals surface area contributed by atoms with E-state index in [0.29, 0.717) is 24.4 Å². The van der Waals surface area contributed by atoms with Gasteiger partial charge < -0.3 is 4.74 Å². The number of benzene rings is 1. The quantitative estimate of drug-likeness (QED) is 0.725. The Balaban J connectivity index is 1.40. The van der Waals surface area contributed by atoms with Crippen molar-refractivity contribution >= 4 is 22.4 Å². The van der Waals surface area contributed by atoms with E-state index < -0.39 is 0 Å². The molecule has 130 valence electrons. The van der Waals surface area contributed by atoms with Crippen molar-refractivity contribution in [1.82, 2.24) is 4.98 Å². The lowest BCUT2D eigenvalue weighted by molar-refractivity contribution is -0.146. The number of allylic oxidation sites excluding steroid dienone is 2. The van der Waals surface area contributed by atoms with Gasteiger partial charge in [-0.1, -0.05) is 30.3 Å². The fraction of sp³-hybridized carbons (Fsp3) is 0.455. The minimum Gasteiger partial charge on any atom is -0.466 e. The van der Waals surface area contributed by atoms with E-state index in [-0.39, 0.29) is 5.97 Å². The Morgan fingerprint density at radius 3 is 2.84 bits per heavy atom. The molecule has 2 aliphatic rings. The molecule has 1 spiro atoms. The first-order valence-electron chi connectivity index (χ1n) is 9.38. The Bertz CT molecular complexity index is 818. The van der Waals surface area contributed by atoms with Gasteiger partial charge in [0.15, 0.2) is 0 Å². The predicted molar refractivity (Wildman–Crippen MR) is 100.0 cm³/mol. The Hall–Kier alpha value is -2.16. The lowest BCUT2D eigenvalue weighted by atomic mass is 9.55. The minimum atomic E-state index is -0.0326. The van der Waals surface area contributed by atoms with E-state index in [4.69, 9.17) is 9.72 Å². The Labute approximate surface area is 149 Å². The highest BCUT2D eigenvalue weighted by Gasteiger charge is 2.45. The molecule has 0 radical (unpaired) electrons. The molecule has 1 heterocycles. The summed E-state index contributed by atoms with van der Waals surface area (Å²) in [6, 6.07) is 12.6. The first-order valence-corrected chi connectivity index (χ1v) is 9.38. The molecule has 0 unspecified atom stereocenters. The van der Waals surface area contributed by atoms with E-state index in [0.717, 1.165) is 24.1 Å². The van der Waals surface area contributed by atoms with Gasteiger partial charge in [-0.2, -0.15) is 0 Å². The number of carbonyl (C=O) groups excluding carboxylic acids is 1. The van der Waals surface area contributed by atoms with Gasteiger partial charge in [0.2, 0.25) is 0 Å². The monoisotopic (exact) mass is 335 g/mol. The highest BCUT2D eigenvalue weighted by Crippen LogP contribution is 2.56. The van der Waals surface area contributed by atoms with Crippen LogP contribution in [0.2, 0.25) is 0 Å². The number of rotatable bonds is 4. The van der Waals surface area contributed by atoms with E-state index in [2.05, 4.69) is 36.4 Å². The average Bonchev–Trinajstić information content (AvgIpc) is 2.61. The van der Waals surface area contributed by atoms with Gasteiger partial charge in [0.25, 0.3) is 0 Å². The van der Waals surface area contributed by atoms with Gasteiger partial charge >= 0.3 is 5.97 Å². The molecule has 0 atom stereocenters. The van der Waals surface area contributed by atoms with Gasteiger partial charge in [0.05, 0.1) is 17.8 Å². The summed E-state index contributed by atoms with van der Waals surface area (Å²) in [5, 5.41) is 1.19. The van der Waals surface area contributed by atoms with Crippen molar-refractivity contribution in [3.8, 4) is 0 Å². The topological polar surface area (TPSA) is 39.2 Å². The van der Waals surface area contributed by atoms with Crippen LogP contribution < -0.4 is 0 Å². The minimum absolute atomic E-state index is 0.0326. The number of carbonyl (C=O) groups is 1. The number of para-hydroxylation sites is 1. The summed E-state index contributed by atoms with van der Waals surface area (Å²) in [7, 11) is 0. The van der Waals surface area contributed by atoms with Crippen molar-refractivity contribution in [2.45, 2.75) is 45.4 Å². The number of hydrogen-bond acceptors (Lipinski definition) is 3. The van der Waals surface area contributed by atoms with E-state index in [1.165, 1.54) is 30.2 Å². The number of fused-ring (bicyclic) bond motifs is 1. The van der Waals surface area contributed by atoms with Crippen molar-refractivity contribution < 1.29 is 9.53 Å². The van der Waals surface area contributed by atoms with E-state index in [9.17, 15) is 4.79 Å². The molecule has 0 saturated heterocycles. The van der Waals surface area contributed by atoms with Crippen LogP contribution in [0.5, 0.6) is 0 Å². The van der Waals surface area contributed by atoms with Crippen LogP contribution in [-0.4, -0.2) is 17.6 Å². The zero-order valence-electron chi connectivity index (χ0n) is 14.8. The van der Waals surface area contributed by atoms with Crippen molar-refractivity contribution in [1.29, 1.82) is 0 Å². The van der Waals surface area contributed by atoms with Gasteiger partial charge in [0, 0.05) is 11.8 Å². The Morgan fingerprint density at radius 1 is 1.24 bits per heavy atom. The number of aromatic nitrogens is 1. The maximum atomic E-state index is 11.6. The fourth-order valence-corrected chi connectivity index (χ4v) is 4.56. The second kappa shape index (κ2) is 6.62. The summed E-state index contributed by atoms with van der Waals surface area (Å²) in [4.78, 5) is 16.5. The lowest BCUT2D eigenvalue weighted by Crippen LogP contribution is -2.39. The number of ether oxygens (including phenoxy) is 1. The molecule has 0 amide bonds. The average molecular weight is 335 g/mol. The molecule has 3 nitrogen and oxygen atoms in total. The normalized spacial score (nSPS) is 25.5. The van der Waals surface area contributed by atoms with Gasteiger partial charge in [-0.3, -0.25) is 4.79 Å². The molecule has 1 aromatic heterocycles. The molecule has 2 aromatic rings. The highest BCUT2D eigenvalue weighted by molar-refractivity contribution is 5.81. The summed E-state index contributed by atoms with van der Waals surface area (Å²) in [6.07, 6.45) is 8.75. The number of hydrogen-bond donors (Lipinski definition) is 0. The molecule has 1 saturated carbocycles. The largest absolute Gasteiger partial charge is 0.466 e. The number of nitrogens with zero attached hydrogens (tertiary/aromatic N) is 1. The standard InChI is InChI=1S/C22H25NO2/c1-2-25-21(24)13-16-14-22(15-16)11-9-18(10-12-22)20-8-7-17-5-3-4-6-19(17)23-20/h3-9,16H,2,10-15H2,1H3. The zero-order chi connectivity index (χ0) is 17.3. The Kier molecular flexibility index (Phi) is 4.32. The number of esters is 1. The van der Waals surface area contributed by atoms with E-state index in [1.54, 1.807) is 0 Å². The molecule has 0 aliphatic heterocycles. The maximum absolute atomic E-state index is 11.6. The van der Waals surface area contributed by atoms with Crippen molar-refractivity contribution in [3.05, 3.63) is 48.2 Å². The maximum Gasteiger partial charge on any atom is 0.306 e. The predicted octanol–water partition coefficient (Wildman–Crippen LogP) is 5.15. The first-order chi connectivity index (χ1) is 12.2. The summed E-state index contributed by atoms with van der Waals surface area (Å²) in [5.74, 6) is 0.488. The molecule has 4 rings (SSSR count). The molecule has 25 heavy (non-hydrogen) atoms. The Morgan fingerprint density at radius 2 is 2.08 bits per heavy atom. The SMILES string of the molecule is CCOC(=O)CC1CC2(CC=C(c3ccc4ccccc4n3)CC2)C1. The molecule has 0 bridgehead atoms. The highest BCUT2D eigenvalue weighted by atomic mass is 16.5. The molecule has 2 aliphatic carbocycles. The van der Waals surface area contributed by atoms with Crippen molar-refractivity contribution in [2.75, 3.05) is 6.61 Å². The molecule has 3 heteroatoms. The van der Waals surface area contributed by atoms with Gasteiger partial charge in [0.1, 0.15) is 0 Å². The molecule has 1 aromatic carbocycles. The molecule has 0 N–H and O–H groups in total. The lowest BCUT2D eigenvalue weighted by Gasteiger charge is -2.49. The third kappa shape index (κ3) is 3.33. The van der Waals surface area contributed by atoms with Crippen LogP contribution in [0.25, 0.3) is 16.5 Å². The summed E-state index contributed by atoms with van der Waals surface area (Å²) < 4.78 is 5.07. The van der Waals surface area contributed by atoms with Crippen LogP contribution in [0, 0.1) is 11.3 Å². The van der Waals surface area contributed by atoms with Crippen LogP contribution in [0.15, 0.2) is 42.5 Å². The second-order valence-corrected chi connectivity index (χ2v) is 7.61.